The summed E-state index contributed by atoms with van der Waals surface area (Å²) in [4.78, 5) is 5.82. The Morgan fingerprint density at radius 3 is 2.76 bits per heavy atom. The summed E-state index contributed by atoms with van der Waals surface area (Å²) >= 11 is 1.53. The van der Waals surface area contributed by atoms with Gasteiger partial charge in [-0.15, -0.1) is 11.3 Å². The largest absolute Gasteiger partial charge is 0.496 e. The molecule has 0 radical (unpaired) electrons. The maximum Gasteiger partial charge on any atom is 0.137 e. The highest BCUT2D eigenvalue weighted by molar-refractivity contribution is 7.15. The van der Waals surface area contributed by atoms with E-state index in [0.29, 0.717) is 22.2 Å². The number of aromatic nitrogens is 1. The van der Waals surface area contributed by atoms with Crippen LogP contribution in [0.25, 0.3) is 10.6 Å². The van der Waals surface area contributed by atoms with Gasteiger partial charge >= 0.3 is 0 Å². The average Bonchev–Trinajstić information content (AvgIpc) is 2.88. The molecule has 2 aromatic rings. The van der Waals surface area contributed by atoms with Gasteiger partial charge in [-0.25, -0.2) is 9.37 Å². The number of rotatable bonds is 6. The van der Waals surface area contributed by atoms with Crippen LogP contribution in [-0.2, 0) is 6.54 Å². The topological polar surface area (TPSA) is 34.1 Å². The smallest absolute Gasteiger partial charge is 0.137 e. The molecule has 1 aromatic heterocycles. The second-order valence-electron chi connectivity index (χ2n) is 5.08. The molecule has 0 aliphatic rings. The van der Waals surface area contributed by atoms with Crippen LogP contribution in [0, 0.1) is 5.82 Å². The van der Waals surface area contributed by atoms with Gasteiger partial charge in [0.05, 0.1) is 18.4 Å². The lowest BCUT2D eigenvalue weighted by molar-refractivity contribution is 0.413. The molecule has 0 atom stereocenters. The first-order valence-electron chi connectivity index (χ1n) is 7.11. The van der Waals surface area contributed by atoms with E-state index < -0.39 is 0 Å². The van der Waals surface area contributed by atoms with Gasteiger partial charge in [0.2, 0.25) is 0 Å². The van der Waals surface area contributed by atoms with Crippen molar-refractivity contribution in [3.8, 4) is 16.3 Å². The average molecular weight is 308 g/mol. The molecule has 0 fully saturated rings. The molecule has 1 aromatic carbocycles. The van der Waals surface area contributed by atoms with E-state index in [4.69, 9.17) is 4.74 Å². The van der Waals surface area contributed by atoms with Crippen LogP contribution in [0.1, 0.15) is 37.3 Å². The third-order valence-electron chi connectivity index (χ3n) is 3.22. The molecule has 114 valence electrons. The number of hydrogen-bond acceptors (Lipinski definition) is 4. The Hall–Kier alpha value is -1.46. The monoisotopic (exact) mass is 308 g/mol. The maximum atomic E-state index is 14.2. The Balaban J connectivity index is 2.50. The molecule has 0 unspecified atom stereocenters. The van der Waals surface area contributed by atoms with E-state index in [1.54, 1.807) is 19.2 Å². The van der Waals surface area contributed by atoms with Crippen LogP contribution in [0.15, 0.2) is 18.2 Å². The highest BCUT2D eigenvalue weighted by Gasteiger charge is 2.20. The number of hydrogen-bond donors (Lipinski definition) is 1. The van der Waals surface area contributed by atoms with E-state index >= 15 is 0 Å². The second kappa shape index (κ2) is 7.00. The van der Waals surface area contributed by atoms with E-state index in [1.807, 2.05) is 0 Å². The van der Waals surface area contributed by atoms with Crippen molar-refractivity contribution in [2.75, 3.05) is 13.7 Å². The zero-order chi connectivity index (χ0) is 15.4. The minimum atomic E-state index is -0.298. The van der Waals surface area contributed by atoms with E-state index in [-0.39, 0.29) is 5.82 Å². The molecule has 0 saturated carbocycles. The fourth-order valence-corrected chi connectivity index (χ4v) is 3.41. The fraction of sp³-hybridized carbons (Fsp3) is 0.438. The SMILES string of the molecule is CCNCc1sc(-c2c(F)cccc2OC)nc1C(C)C. The molecule has 0 amide bonds. The van der Waals surface area contributed by atoms with Gasteiger partial charge in [-0.2, -0.15) is 0 Å². The summed E-state index contributed by atoms with van der Waals surface area (Å²) in [7, 11) is 1.55. The Morgan fingerprint density at radius 1 is 1.38 bits per heavy atom. The summed E-state index contributed by atoms with van der Waals surface area (Å²) in [5.74, 6) is 0.531. The normalized spacial score (nSPS) is 11.1. The van der Waals surface area contributed by atoms with E-state index in [0.717, 1.165) is 23.7 Å². The van der Waals surface area contributed by atoms with Crippen LogP contribution in [0.5, 0.6) is 5.75 Å². The van der Waals surface area contributed by atoms with Crippen molar-refractivity contribution in [1.82, 2.24) is 10.3 Å². The molecule has 5 heteroatoms. The summed E-state index contributed by atoms with van der Waals surface area (Å²) in [5.41, 5.74) is 1.48. The number of benzene rings is 1. The van der Waals surface area contributed by atoms with Gasteiger partial charge in [-0.05, 0) is 24.6 Å². The molecule has 1 heterocycles. The predicted octanol–water partition coefficient (Wildman–Crippen LogP) is 4.19. The molecule has 0 aliphatic heterocycles. The summed E-state index contributed by atoms with van der Waals surface area (Å²) < 4.78 is 19.5. The van der Waals surface area contributed by atoms with Crippen molar-refractivity contribution in [1.29, 1.82) is 0 Å². The minimum absolute atomic E-state index is 0.298. The standard InChI is InChI=1S/C16H21FN2OS/c1-5-18-9-13-15(10(2)3)19-16(21-13)14-11(17)7-6-8-12(14)20-4/h6-8,10,18H,5,9H2,1-4H3. The molecule has 0 spiro atoms. The van der Waals surface area contributed by atoms with Crippen molar-refractivity contribution >= 4 is 11.3 Å². The van der Waals surface area contributed by atoms with Crippen molar-refractivity contribution in [2.24, 2.45) is 0 Å². The molecule has 21 heavy (non-hydrogen) atoms. The van der Waals surface area contributed by atoms with Gasteiger partial charge in [0, 0.05) is 11.4 Å². The highest BCUT2D eigenvalue weighted by atomic mass is 32.1. The molecular weight excluding hydrogens is 287 g/mol. The molecule has 2 rings (SSSR count). The molecule has 0 bridgehead atoms. The lowest BCUT2D eigenvalue weighted by Crippen LogP contribution is -2.12. The predicted molar refractivity (Wildman–Crippen MR) is 85.5 cm³/mol. The van der Waals surface area contributed by atoms with Crippen molar-refractivity contribution in [3.05, 3.63) is 34.6 Å². The third-order valence-corrected chi connectivity index (χ3v) is 4.31. The van der Waals surface area contributed by atoms with Crippen LogP contribution < -0.4 is 10.1 Å². The third kappa shape index (κ3) is 3.41. The molecule has 0 saturated heterocycles. The van der Waals surface area contributed by atoms with Crippen molar-refractivity contribution < 1.29 is 9.13 Å². The van der Waals surface area contributed by atoms with Crippen molar-refractivity contribution in [3.63, 3.8) is 0 Å². The van der Waals surface area contributed by atoms with Crippen LogP contribution >= 0.6 is 11.3 Å². The molecule has 3 nitrogen and oxygen atoms in total. The number of ether oxygens (including phenoxy) is 1. The first-order valence-corrected chi connectivity index (χ1v) is 7.93. The zero-order valence-corrected chi connectivity index (χ0v) is 13.7. The van der Waals surface area contributed by atoms with E-state index in [1.165, 1.54) is 17.4 Å². The van der Waals surface area contributed by atoms with Crippen LogP contribution in [0.2, 0.25) is 0 Å². The van der Waals surface area contributed by atoms with Crippen LogP contribution in [0.3, 0.4) is 0 Å². The second-order valence-corrected chi connectivity index (χ2v) is 6.16. The lowest BCUT2D eigenvalue weighted by atomic mass is 10.1. The van der Waals surface area contributed by atoms with Crippen LogP contribution in [0.4, 0.5) is 4.39 Å². The summed E-state index contributed by atoms with van der Waals surface area (Å²) in [6.45, 7) is 7.93. The number of nitrogens with zero attached hydrogens (tertiary/aromatic N) is 1. The number of nitrogens with one attached hydrogen (secondary N) is 1. The first kappa shape index (κ1) is 15.9. The van der Waals surface area contributed by atoms with Gasteiger partial charge in [-0.3, -0.25) is 0 Å². The number of halogens is 1. The van der Waals surface area contributed by atoms with Gasteiger partial charge < -0.3 is 10.1 Å². The van der Waals surface area contributed by atoms with E-state index in [9.17, 15) is 4.39 Å². The lowest BCUT2D eigenvalue weighted by Gasteiger charge is -2.06. The summed E-state index contributed by atoms with van der Waals surface area (Å²) in [6, 6.07) is 4.85. The van der Waals surface area contributed by atoms with Gasteiger partial charge in [-0.1, -0.05) is 26.8 Å². The Morgan fingerprint density at radius 2 is 2.14 bits per heavy atom. The fourth-order valence-electron chi connectivity index (χ4n) is 2.17. The van der Waals surface area contributed by atoms with Crippen LogP contribution in [-0.4, -0.2) is 18.6 Å². The summed E-state index contributed by atoms with van der Waals surface area (Å²) in [6.07, 6.45) is 0. The van der Waals surface area contributed by atoms with E-state index in [2.05, 4.69) is 31.1 Å². The van der Waals surface area contributed by atoms with Crippen molar-refractivity contribution in [2.45, 2.75) is 33.2 Å². The molecule has 1 N–H and O–H groups in total. The minimum Gasteiger partial charge on any atom is -0.496 e. The molecule has 0 aliphatic carbocycles. The Kier molecular flexibility index (Phi) is 5.31. The summed E-state index contributed by atoms with van der Waals surface area (Å²) in [5, 5.41) is 4.00. The number of thiazole rings is 1. The highest BCUT2D eigenvalue weighted by Crippen LogP contribution is 2.38. The molecular formula is C16H21FN2OS. The quantitative estimate of drug-likeness (QED) is 0.869. The maximum absolute atomic E-state index is 14.2. The zero-order valence-electron chi connectivity index (χ0n) is 12.9. The van der Waals surface area contributed by atoms with Gasteiger partial charge in [0.15, 0.2) is 0 Å². The Bertz CT molecular complexity index is 610. The Labute approximate surface area is 129 Å². The van der Waals surface area contributed by atoms with Gasteiger partial charge in [0.1, 0.15) is 16.6 Å². The van der Waals surface area contributed by atoms with Gasteiger partial charge in [0.25, 0.3) is 0 Å². The number of methoxy groups -OCH3 is 1. The first-order chi connectivity index (χ1) is 10.1.